The lowest BCUT2D eigenvalue weighted by Crippen LogP contribution is -2.52. The van der Waals surface area contributed by atoms with E-state index in [0.29, 0.717) is 5.92 Å². The normalized spacial score (nSPS) is 22.0. The Morgan fingerprint density at radius 3 is 2.89 bits per heavy atom. The van der Waals surface area contributed by atoms with E-state index < -0.39 is 0 Å². The molecule has 19 heavy (non-hydrogen) atoms. The van der Waals surface area contributed by atoms with Crippen LogP contribution in [0, 0.1) is 5.92 Å². The first-order valence-corrected chi connectivity index (χ1v) is 7.30. The molecule has 1 unspecified atom stereocenters. The predicted octanol–water partition coefficient (Wildman–Crippen LogP) is 2.26. The maximum atomic E-state index is 5.73. The standard InChI is InChI=1S/C16H23NO2/c1-12(6-7-17)16(10-18-11-16)14-4-5-15-13(9-14)3-2-8-19-15/h4-5,9,12H,2-3,6-8,10-11,17H2,1H3. The Hall–Kier alpha value is -1.06. The maximum absolute atomic E-state index is 5.73. The van der Waals surface area contributed by atoms with Gasteiger partial charge < -0.3 is 15.2 Å². The molecule has 0 aliphatic carbocycles. The third-order valence-electron chi connectivity index (χ3n) is 4.75. The third kappa shape index (κ3) is 2.15. The lowest BCUT2D eigenvalue weighted by Gasteiger charge is -2.47. The number of aryl methyl sites for hydroxylation is 1. The van der Waals surface area contributed by atoms with Gasteiger partial charge in [-0.25, -0.2) is 0 Å². The molecule has 1 fully saturated rings. The van der Waals surface area contributed by atoms with Crippen LogP contribution in [0.25, 0.3) is 0 Å². The Labute approximate surface area is 115 Å². The number of hydrogen-bond donors (Lipinski definition) is 1. The zero-order valence-corrected chi connectivity index (χ0v) is 11.7. The van der Waals surface area contributed by atoms with Crippen molar-refractivity contribution in [2.45, 2.75) is 31.6 Å². The summed E-state index contributed by atoms with van der Waals surface area (Å²) in [6.45, 7) is 5.55. The highest BCUT2D eigenvalue weighted by Crippen LogP contribution is 2.42. The topological polar surface area (TPSA) is 44.5 Å². The highest BCUT2D eigenvalue weighted by molar-refractivity contribution is 5.42. The second-order valence-corrected chi connectivity index (χ2v) is 5.90. The van der Waals surface area contributed by atoms with Gasteiger partial charge in [0.15, 0.2) is 0 Å². The molecule has 0 aromatic heterocycles. The lowest BCUT2D eigenvalue weighted by molar-refractivity contribution is -0.0883. The summed E-state index contributed by atoms with van der Waals surface area (Å²) in [5, 5.41) is 0. The molecular weight excluding hydrogens is 238 g/mol. The first-order chi connectivity index (χ1) is 9.26. The molecule has 2 aliphatic heterocycles. The molecular formula is C16H23NO2. The summed E-state index contributed by atoms with van der Waals surface area (Å²) >= 11 is 0. The van der Waals surface area contributed by atoms with Gasteiger partial charge in [-0.3, -0.25) is 0 Å². The van der Waals surface area contributed by atoms with Crippen molar-refractivity contribution in [1.29, 1.82) is 0 Å². The van der Waals surface area contributed by atoms with Crippen molar-refractivity contribution in [3.8, 4) is 5.75 Å². The molecule has 1 saturated heterocycles. The molecule has 3 heteroatoms. The molecule has 0 bridgehead atoms. The van der Waals surface area contributed by atoms with Crippen LogP contribution < -0.4 is 10.5 Å². The minimum Gasteiger partial charge on any atom is -0.493 e. The van der Waals surface area contributed by atoms with Crippen molar-refractivity contribution in [1.82, 2.24) is 0 Å². The molecule has 0 saturated carbocycles. The van der Waals surface area contributed by atoms with E-state index in [0.717, 1.165) is 51.4 Å². The highest BCUT2D eigenvalue weighted by atomic mass is 16.5. The van der Waals surface area contributed by atoms with Crippen LogP contribution in [0.5, 0.6) is 5.75 Å². The molecule has 2 heterocycles. The summed E-state index contributed by atoms with van der Waals surface area (Å²) in [6.07, 6.45) is 3.31. The Bertz CT molecular complexity index is 454. The van der Waals surface area contributed by atoms with Crippen LogP contribution in [0.15, 0.2) is 18.2 Å². The van der Waals surface area contributed by atoms with Crippen molar-refractivity contribution >= 4 is 0 Å². The minimum atomic E-state index is 0.172. The van der Waals surface area contributed by atoms with Crippen LogP contribution in [0.3, 0.4) is 0 Å². The van der Waals surface area contributed by atoms with E-state index in [1.807, 2.05) is 0 Å². The fourth-order valence-corrected chi connectivity index (χ4v) is 3.25. The molecule has 0 amide bonds. The van der Waals surface area contributed by atoms with Crippen LogP contribution in [-0.4, -0.2) is 26.4 Å². The number of rotatable bonds is 4. The van der Waals surface area contributed by atoms with Crippen LogP contribution >= 0.6 is 0 Å². The summed E-state index contributed by atoms with van der Waals surface area (Å²) < 4.78 is 11.2. The van der Waals surface area contributed by atoms with Gasteiger partial charge in [0, 0.05) is 5.41 Å². The highest BCUT2D eigenvalue weighted by Gasteiger charge is 2.44. The van der Waals surface area contributed by atoms with Gasteiger partial charge in [0.05, 0.1) is 19.8 Å². The monoisotopic (exact) mass is 261 g/mol. The van der Waals surface area contributed by atoms with Crippen molar-refractivity contribution < 1.29 is 9.47 Å². The van der Waals surface area contributed by atoms with Gasteiger partial charge in [-0.1, -0.05) is 19.1 Å². The maximum Gasteiger partial charge on any atom is 0.122 e. The van der Waals surface area contributed by atoms with Crippen LogP contribution in [-0.2, 0) is 16.6 Å². The van der Waals surface area contributed by atoms with E-state index >= 15 is 0 Å². The fourth-order valence-electron chi connectivity index (χ4n) is 3.25. The zero-order valence-electron chi connectivity index (χ0n) is 11.7. The van der Waals surface area contributed by atoms with Crippen LogP contribution in [0.2, 0.25) is 0 Å². The van der Waals surface area contributed by atoms with Gasteiger partial charge in [0.1, 0.15) is 5.75 Å². The van der Waals surface area contributed by atoms with Gasteiger partial charge in [0.25, 0.3) is 0 Å². The summed E-state index contributed by atoms with van der Waals surface area (Å²) in [4.78, 5) is 0. The summed E-state index contributed by atoms with van der Waals surface area (Å²) in [7, 11) is 0. The predicted molar refractivity (Wildman–Crippen MR) is 75.6 cm³/mol. The minimum absolute atomic E-state index is 0.172. The van der Waals surface area contributed by atoms with E-state index in [4.69, 9.17) is 15.2 Å². The van der Waals surface area contributed by atoms with E-state index in [2.05, 4.69) is 25.1 Å². The summed E-state index contributed by atoms with van der Waals surface area (Å²) in [6, 6.07) is 6.70. The van der Waals surface area contributed by atoms with Gasteiger partial charge in [-0.05, 0) is 48.9 Å². The number of benzene rings is 1. The molecule has 104 valence electrons. The van der Waals surface area contributed by atoms with Crippen molar-refractivity contribution in [2.24, 2.45) is 11.7 Å². The van der Waals surface area contributed by atoms with E-state index in [-0.39, 0.29) is 5.41 Å². The third-order valence-corrected chi connectivity index (χ3v) is 4.75. The van der Waals surface area contributed by atoms with Crippen molar-refractivity contribution in [3.63, 3.8) is 0 Å². The van der Waals surface area contributed by atoms with Gasteiger partial charge >= 0.3 is 0 Å². The average molecular weight is 261 g/mol. The molecule has 2 aliphatic rings. The summed E-state index contributed by atoms with van der Waals surface area (Å²) in [5.41, 5.74) is 8.67. The Morgan fingerprint density at radius 2 is 2.21 bits per heavy atom. The molecule has 0 radical (unpaired) electrons. The van der Waals surface area contributed by atoms with Gasteiger partial charge in [-0.2, -0.15) is 0 Å². The van der Waals surface area contributed by atoms with Gasteiger partial charge in [-0.15, -0.1) is 0 Å². The van der Waals surface area contributed by atoms with E-state index in [1.54, 1.807) is 0 Å². The molecule has 3 nitrogen and oxygen atoms in total. The SMILES string of the molecule is CC(CCN)C1(c2ccc3c(c2)CCCO3)COC1. The quantitative estimate of drug-likeness (QED) is 0.904. The zero-order chi connectivity index (χ0) is 13.3. The van der Waals surface area contributed by atoms with Crippen molar-refractivity contribution in [3.05, 3.63) is 29.3 Å². The molecule has 1 atom stereocenters. The van der Waals surface area contributed by atoms with E-state index in [1.165, 1.54) is 11.1 Å². The molecule has 1 aromatic carbocycles. The average Bonchev–Trinajstić information content (AvgIpc) is 2.38. The fraction of sp³-hybridized carbons (Fsp3) is 0.625. The van der Waals surface area contributed by atoms with E-state index in [9.17, 15) is 0 Å². The van der Waals surface area contributed by atoms with Crippen LogP contribution in [0.1, 0.15) is 30.9 Å². The number of ether oxygens (including phenoxy) is 2. The number of fused-ring (bicyclic) bond motifs is 1. The lowest BCUT2D eigenvalue weighted by atomic mass is 9.68. The first-order valence-electron chi connectivity index (χ1n) is 7.30. The number of nitrogens with two attached hydrogens (primary N) is 1. The smallest absolute Gasteiger partial charge is 0.122 e. The molecule has 1 aromatic rings. The van der Waals surface area contributed by atoms with Gasteiger partial charge in [0.2, 0.25) is 0 Å². The molecule has 2 N–H and O–H groups in total. The second kappa shape index (κ2) is 5.14. The van der Waals surface area contributed by atoms with Crippen LogP contribution in [0.4, 0.5) is 0 Å². The largest absolute Gasteiger partial charge is 0.493 e. The summed E-state index contributed by atoms with van der Waals surface area (Å²) in [5.74, 6) is 1.63. The Morgan fingerprint density at radius 1 is 1.37 bits per heavy atom. The van der Waals surface area contributed by atoms with Crippen molar-refractivity contribution in [2.75, 3.05) is 26.4 Å². The first kappa shape index (κ1) is 12.9. The Kier molecular flexibility index (Phi) is 3.50. The second-order valence-electron chi connectivity index (χ2n) is 5.90. The number of hydrogen-bond acceptors (Lipinski definition) is 3. The molecule has 3 rings (SSSR count). The Balaban J connectivity index is 1.91. The molecule has 0 spiro atoms.